The lowest BCUT2D eigenvalue weighted by Gasteiger charge is -2.36. The first-order chi connectivity index (χ1) is 14.9. The number of ketones is 1. The lowest BCUT2D eigenvalue weighted by Crippen LogP contribution is -2.43. The van der Waals surface area contributed by atoms with Crippen LogP contribution in [0.15, 0.2) is 54.5 Å². The number of carbonyl (C=O) groups is 2. The Bertz CT molecular complexity index is 1020. The number of aryl methyl sites for hydroxylation is 1. The first kappa shape index (κ1) is 21.7. The highest BCUT2D eigenvalue weighted by molar-refractivity contribution is 6.42. The highest BCUT2D eigenvalue weighted by atomic mass is 35.5. The van der Waals surface area contributed by atoms with Gasteiger partial charge in [-0.15, -0.1) is 0 Å². The third-order valence-corrected chi connectivity index (χ3v) is 6.40. The van der Waals surface area contributed by atoms with Crippen LogP contribution in [-0.4, -0.2) is 24.0 Å². The minimum atomic E-state index is -0.473. The predicted molar refractivity (Wildman–Crippen MR) is 117 cm³/mol. The second kappa shape index (κ2) is 9.33. The molecule has 1 aliphatic carbocycles. The zero-order valence-corrected chi connectivity index (χ0v) is 18.5. The number of allylic oxidation sites excluding steroid dienone is 1. The summed E-state index contributed by atoms with van der Waals surface area (Å²) in [5.41, 5.74) is 1.53. The third kappa shape index (κ3) is 4.89. The van der Waals surface area contributed by atoms with Gasteiger partial charge in [0.05, 0.1) is 21.5 Å². The van der Waals surface area contributed by atoms with Crippen molar-refractivity contribution in [2.24, 2.45) is 5.92 Å². The van der Waals surface area contributed by atoms with Crippen LogP contribution in [0.3, 0.4) is 0 Å². The van der Waals surface area contributed by atoms with Crippen LogP contribution in [0.25, 0.3) is 0 Å². The van der Waals surface area contributed by atoms with Gasteiger partial charge >= 0.3 is 5.97 Å². The van der Waals surface area contributed by atoms with E-state index in [2.05, 4.69) is 6.92 Å². The Morgan fingerprint density at radius 3 is 2.58 bits per heavy atom. The number of halogens is 2. The number of rotatable bonds is 5. The van der Waals surface area contributed by atoms with Gasteiger partial charge in [-0.05, 0) is 55.2 Å². The molecule has 162 valence electrons. The molecule has 3 unspecified atom stereocenters. The first-order valence-electron chi connectivity index (χ1n) is 10.3. The van der Waals surface area contributed by atoms with E-state index in [9.17, 15) is 9.59 Å². The van der Waals surface area contributed by atoms with E-state index in [1.165, 1.54) is 17.9 Å². The standard InChI is InChI=1S/C24H22Cl2O5/c1-2-14-3-6-16(7-4-14)30-22-13-29-21-12-17(8-9-18(21)23(22)27)31-24(28)15-5-10-19(25)20(26)11-15/h3-7,10-11,13,17-18,21H,2,8-9,12H2,1H3. The number of hydrogen-bond acceptors (Lipinski definition) is 5. The summed E-state index contributed by atoms with van der Waals surface area (Å²) >= 11 is 11.9. The topological polar surface area (TPSA) is 61.8 Å². The fourth-order valence-electron chi connectivity index (χ4n) is 3.88. The van der Waals surface area contributed by atoms with Gasteiger partial charge in [0.25, 0.3) is 0 Å². The van der Waals surface area contributed by atoms with Crippen molar-refractivity contribution >= 4 is 35.0 Å². The molecule has 0 radical (unpaired) electrons. The van der Waals surface area contributed by atoms with E-state index in [1.807, 2.05) is 24.3 Å². The van der Waals surface area contributed by atoms with E-state index in [4.69, 9.17) is 37.4 Å². The molecule has 2 aromatic carbocycles. The molecule has 7 heteroatoms. The van der Waals surface area contributed by atoms with Gasteiger partial charge in [-0.3, -0.25) is 4.79 Å². The van der Waals surface area contributed by atoms with Crippen molar-refractivity contribution in [2.45, 2.75) is 44.8 Å². The predicted octanol–water partition coefficient (Wildman–Crippen LogP) is 5.77. The fraction of sp³-hybridized carbons (Fsp3) is 0.333. The molecule has 1 heterocycles. The van der Waals surface area contributed by atoms with E-state index in [-0.39, 0.29) is 29.7 Å². The molecule has 1 fully saturated rings. The van der Waals surface area contributed by atoms with Crippen molar-refractivity contribution in [1.82, 2.24) is 0 Å². The van der Waals surface area contributed by atoms with Gasteiger partial charge in [0.2, 0.25) is 11.5 Å². The maximum Gasteiger partial charge on any atom is 0.338 e. The van der Waals surface area contributed by atoms with E-state index >= 15 is 0 Å². The maximum absolute atomic E-state index is 12.9. The summed E-state index contributed by atoms with van der Waals surface area (Å²) in [5, 5.41) is 0.669. The number of fused-ring (bicyclic) bond motifs is 1. The lowest BCUT2D eigenvalue weighted by molar-refractivity contribution is -0.132. The van der Waals surface area contributed by atoms with Gasteiger partial charge in [0, 0.05) is 6.42 Å². The largest absolute Gasteiger partial charge is 0.493 e. The average molecular weight is 461 g/mol. The molecular weight excluding hydrogens is 439 g/mol. The highest BCUT2D eigenvalue weighted by Gasteiger charge is 2.42. The quantitative estimate of drug-likeness (QED) is 0.529. The second-order valence-corrected chi connectivity index (χ2v) is 8.51. The molecule has 0 aromatic heterocycles. The Hall–Kier alpha value is -2.50. The summed E-state index contributed by atoms with van der Waals surface area (Å²) in [6.07, 6.45) is 3.20. The van der Waals surface area contributed by atoms with Gasteiger partial charge in [0.15, 0.2) is 0 Å². The summed E-state index contributed by atoms with van der Waals surface area (Å²) in [5.74, 6) is -0.0565. The highest BCUT2D eigenvalue weighted by Crippen LogP contribution is 2.35. The van der Waals surface area contributed by atoms with Gasteiger partial charge < -0.3 is 14.2 Å². The van der Waals surface area contributed by atoms with Crippen molar-refractivity contribution < 1.29 is 23.8 Å². The van der Waals surface area contributed by atoms with Crippen LogP contribution >= 0.6 is 23.2 Å². The summed E-state index contributed by atoms with van der Waals surface area (Å²) in [4.78, 5) is 25.3. The number of esters is 1. The Balaban J connectivity index is 1.37. The normalized spacial score (nSPS) is 22.7. The van der Waals surface area contributed by atoms with Crippen LogP contribution < -0.4 is 4.74 Å². The van der Waals surface area contributed by atoms with E-state index < -0.39 is 5.97 Å². The van der Waals surface area contributed by atoms with Crippen molar-refractivity contribution in [2.75, 3.05) is 0 Å². The number of hydrogen-bond donors (Lipinski definition) is 0. The fourth-order valence-corrected chi connectivity index (χ4v) is 4.18. The summed E-state index contributed by atoms with van der Waals surface area (Å²) < 4.78 is 17.2. The molecule has 0 bridgehead atoms. The van der Waals surface area contributed by atoms with Gasteiger partial charge in [-0.2, -0.15) is 0 Å². The van der Waals surface area contributed by atoms with Gasteiger partial charge in [-0.25, -0.2) is 4.79 Å². The summed E-state index contributed by atoms with van der Waals surface area (Å²) in [7, 11) is 0. The van der Waals surface area contributed by atoms with E-state index in [0.717, 1.165) is 6.42 Å². The molecule has 0 spiro atoms. The zero-order valence-electron chi connectivity index (χ0n) is 17.0. The minimum absolute atomic E-state index is 0.0786. The van der Waals surface area contributed by atoms with Gasteiger partial charge in [-0.1, -0.05) is 42.3 Å². The molecule has 3 atom stereocenters. The average Bonchev–Trinajstić information content (AvgIpc) is 2.78. The van der Waals surface area contributed by atoms with Crippen LogP contribution in [0, 0.1) is 5.92 Å². The number of benzene rings is 2. The number of carbonyl (C=O) groups excluding carboxylic acids is 2. The van der Waals surface area contributed by atoms with Crippen molar-refractivity contribution in [3.63, 3.8) is 0 Å². The third-order valence-electron chi connectivity index (χ3n) is 5.66. The first-order valence-corrected chi connectivity index (χ1v) is 11.0. The second-order valence-electron chi connectivity index (χ2n) is 7.70. The minimum Gasteiger partial charge on any atom is -0.493 e. The zero-order chi connectivity index (χ0) is 22.0. The summed E-state index contributed by atoms with van der Waals surface area (Å²) in [6, 6.07) is 12.2. The molecule has 0 amide bonds. The van der Waals surface area contributed by atoms with E-state index in [0.29, 0.717) is 40.6 Å². The molecule has 2 aliphatic rings. The number of Topliss-reactive ketones (excluding diaryl/α,β-unsaturated/α-hetero) is 1. The summed E-state index contributed by atoms with van der Waals surface area (Å²) in [6.45, 7) is 2.08. The van der Waals surface area contributed by atoms with Crippen LogP contribution in [0.1, 0.15) is 42.1 Å². The van der Waals surface area contributed by atoms with Crippen molar-refractivity contribution in [3.8, 4) is 5.75 Å². The molecule has 0 N–H and O–H groups in total. The van der Waals surface area contributed by atoms with Crippen molar-refractivity contribution in [1.29, 1.82) is 0 Å². The maximum atomic E-state index is 12.9. The SMILES string of the molecule is CCc1ccc(OC2=COC3CC(OC(=O)c4ccc(Cl)c(Cl)c4)CCC3C2=O)cc1. The molecule has 0 saturated heterocycles. The number of ether oxygens (including phenoxy) is 3. The van der Waals surface area contributed by atoms with E-state index in [1.54, 1.807) is 12.1 Å². The molecule has 1 saturated carbocycles. The monoisotopic (exact) mass is 460 g/mol. The molecular formula is C24H22Cl2O5. The Labute approximate surface area is 190 Å². The van der Waals surface area contributed by atoms with Gasteiger partial charge in [0.1, 0.15) is 24.2 Å². The van der Waals surface area contributed by atoms with Crippen LogP contribution in [0.2, 0.25) is 10.0 Å². The van der Waals surface area contributed by atoms with Crippen molar-refractivity contribution in [3.05, 3.63) is 75.7 Å². The Kier molecular flexibility index (Phi) is 6.54. The molecule has 5 nitrogen and oxygen atoms in total. The molecule has 31 heavy (non-hydrogen) atoms. The molecule has 4 rings (SSSR count). The smallest absolute Gasteiger partial charge is 0.338 e. The molecule has 1 aliphatic heterocycles. The van der Waals surface area contributed by atoms with Crippen LogP contribution in [0.4, 0.5) is 0 Å². The Morgan fingerprint density at radius 1 is 1.10 bits per heavy atom. The molecule has 2 aromatic rings. The van der Waals surface area contributed by atoms with Crippen LogP contribution in [-0.2, 0) is 20.7 Å². The van der Waals surface area contributed by atoms with Crippen LogP contribution in [0.5, 0.6) is 5.75 Å². The Morgan fingerprint density at radius 2 is 1.87 bits per heavy atom. The lowest BCUT2D eigenvalue weighted by atomic mass is 9.80.